The number of amides is 2. The van der Waals surface area contributed by atoms with E-state index >= 15 is 0 Å². The molecule has 1 aliphatic carbocycles. The number of halogens is 1. The van der Waals surface area contributed by atoms with Gasteiger partial charge in [0.25, 0.3) is 0 Å². The fraction of sp³-hybridized carbons (Fsp3) is 0.500. The second-order valence-electron chi connectivity index (χ2n) is 6.86. The molecule has 1 saturated carbocycles. The van der Waals surface area contributed by atoms with Crippen LogP contribution < -0.4 is 10.6 Å². The van der Waals surface area contributed by atoms with E-state index in [0.717, 1.165) is 5.56 Å². The maximum Gasteiger partial charge on any atom is 0.326 e. The van der Waals surface area contributed by atoms with E-state index in [9.17, 15) is 14.4 Å². The predicted molar refractivity (Wildman–Crippen MR) is 94.4 cm³/mol. The van der Waals surface area contributed by atoms with Crippen LogP contribution in [0.5, 0.6) is 0 Å². The molecule has 1 atom stereocenters. The average Bonchev–Trinajstić information content (AvgIpc) is 3.33. The minimum atomic E-state index is -1.08. The lowest BCUT2D eigenvalue weighted by atomic mass is 9.95. The van der Waals surface area contributed by atoms with Crippen molar-refractivity contribution in [3.05, 3.63) is 34.9 Å². The highest BCUT2D eigenvalue weighted by Gasteiger charge is 2.51. The summed E-state index contributed by atoms with van der Waals surface area (Å²) in [5.74, 6) is -1.69. The van der Waals surface area contributed by atoms with Crippen LogP contribution in [0.4, 0.5) is 0 Å². The van der Waals surface area contributed by atoms with Crippen molar-refractivity contribution in [2.45, 2.75) is 44.6 Å². The predicted octanol–water partition coefficient (Wildman–Crippen LogP) is 2.10. The second kappa shape index (κ2) is 7.87. The van der Waals surface area contributed by atoms with Crippen molar-refractivity contribution >= 4 is 29.4 Å². The van der Waals surface area contributed by atoms with Gasteiger partial charge in [0.05, 0.1) is 12.0 Å². The number of nitrogens with one attached hydrogen (secondary N) is 2. The van der Waals surface area contributed by atoms with Gasteiger partial charge in [0.1, 0.15) is 6.04 Å². The average molecular weight is 367 g/mol. The Morgan fingerprint density at radius 2 is 1.96 bits per heavy atom. The molecule has 1 aromatic carbocycles. The summed E-state index contributed by atoms with van der Waals surface area (Å²) in [6, 6.07) is 6.19. The van der Waals surface area contributed by atoms with Crippen molar-refractivity contribution < 1.29 is 19.5 Å². The topological polar surface area (TPSA) is 95.5 Å². The molecule has 2 amide bonds. The summed E-state index contributed by atoms with van der Waals surface area (Å²) in [5.41, 5.74) is 0.205. The van der Waals surface area contributed by atoms with Gasteiger partial charge in [-0.15, -0.1) is 0 Å². The van der Waals surface area contributed by atoms with Crippen molar-refractivity contribution in [2.75, 3.05) is 6.54 Å². The van der Waals surface area contributed by atoms with E-state index in [1.807, 2.05) is 19.9 Å². The van der Waals surface area contributed by atoms with E-state index in [4.69, 9.17) is 16.7 Å². The quantitative estimate of drug-likeness (QED) is 0.656. The van der Waals surface area contributed by atoms with Crippen LogP contribution in [0.25, 0.3) is 0 Å². The van der Waals surface area contributed by atoms with Crippen molar-refractivity contribution in [2.24, 2.45) is 5.92 Å². The molecule has 0 bridgehead atoms. The Balaban J connectivity index is 1.91. The van der Waals surface area contributed by atoms with Crippen LogP contribution in [0.2, 0.25) is 5.02 Å². The van der Waals surface area contributed by atoms with E-state index < -0.39 is 23.3 Å². The van der Waals surface area contributed by atoms with Crippen LogP contribution in [-0.2, 0) is 19.8 Å². The number of rotatable bonds is 8. The van der Waals surface area contributed by atoms with Crippen molar-refractivity contribution in [1.82, 2.24) is 10.6 Å². The molecule has 0 saturated heterocycles. The number of hydrogen-bond acceptors (Lipinski definition) is 3. The number of hydrogen-bond donors (Lipinski definition) is 3. The molecule has 7 heteroatoms. The van der Waals surface area contributed by atoms with Gasteiger partial charge in [-0.25, -0.2) is 4.79 Å². The lowest BCUT2D eigenvalue weighted by Gasteiger charge is -2.18. The van der Waals surface area contributed by atoms with Crippen molar-refractivity contribution in [3.8, 4) is 0 Å². The fourth-order valence-corrected chi connectivity index (χ4v) is 3.02. The summed E-state index contributed by atoms with van der Waals surface area (Å²) >= 11 is 5.99. The highest BCUT2D eigenvalue weighted by molar-refractivity contribution is 6.30. The molecule has 0 radical (unpaired) electrons. The molecule has 136 valence electrons. The number of carboxylic acid groups (broad SMARTS) is 1. The largest absolute Gasteiger partial charge is 0.480 e. The molecule has 0 aliphatic heterocycles. The number of carbonyl (C=O) groups is 3. The normalized spacial score (nSPS) is 16.2. The molecule has 6 nitrogen and oxygen atoms in total. The molecule has 1 aromatic rings. The first kappa shape index (κ1) is 19.2. The monoisotopic (exact) mass is 366 g/mol. The van der Waals surface area contributed by atoms with Crippen LogP contribution in [-0.4, -0.2) is 35.5 Å². The number of aliphatic carboxylic acids is 1. The van der Waals surface area contributed by atoms with Gasteiger partial charge in [0.2, 0.25) is 11.8 Å². The first-order valence-corrected chi connectivity index (χ1v) is 8.69. The van der Waals surface area contributed by atoms with Crippen molar-refractivity contribution in [3.63, 3.8) is 0 Å². The second-order valence-corrected chi connectivity index (χ2v) is 7.30. The van der Waals surface area contributed by atoms with Crippen molar-refractivity contribution in [1.29, 1.82) is 0 Å². The standard InChI is InChI=1S/C18H23ClN2O4/c1-11(2)8-14(16(23)24)21-15(22)10-20-17(25)18(6-7-18)12-4-3-5-13(19)9-12/h3-5,9,11,14H,6-8,10H2,1-2H3,(H,20,25)(H,21,22)(H,23,24)/t14-/m0/s1. The number of carbonyl (C=O) groups excluding carboxylic acids is 2. The Morgan fingerprint density at radius 1 is 1.28 bits per heavy atom. The van der Waals surface area contributed by atoms with Crippen LogP contribution in [0.1, 0.15) is 38.7 Å². The van der Waals surface area contributed by atoms with Gasteiger partial charge in [-0.2, -0.15) is 0 Å². The van der Waals surface area contributed by atoms with E-state index in [1.165, 1.54) is 0 Å². The van der Waals surface area contributed by atoms with E-state index in [0.29, 0.717) is 24.3 Å². The molecule has 1 fully saturated rings. The minimum Gasteiger partial charge on any atom is -0.480 e. The van der Waals surface area contributed by atoms with Gasteiger partial charge in [-0.1, -0.05) is 37.6 Å². The summed E-state index contributed by atoms with van der Waals surface area (Å²) < 4.78 is 0. The molecule has 0 unspecified atom stereocenters. The Morgan fingerprint density at radius 3 is 2.48 bits per heavy atom. The SMILES string of the molecule is CC(C)C[C@H](NC(=O)CNC(=O)C1(c2cccc(Cl)c2)CC1)C(=O)O. The van der Waals surface area contributed by atoms with Gasteiger partial charge in [-0.05, 0) is 42.9 Å². The first-order valence-electron chi connectivity index (χ1n) is 8.31. The van der Waals surface area contributed by atoms with Gasteiger partial charge in [0.15, 0.2) is 0 Å². The lowest BCUT2D eigenvalue weighted by molar-refractivity contribution is -0.142. The van der Waals surface area contributed by atoms with E-state index in [1.54, 1.807) is 18.2 Å². The Kier molecular flexibility index (Phi) is 6.06. The molecule has 25 heavy (non-hydrogen) atoms. The third kappa shape index (κ3) is 4.95. The smallest absolute Gasteiger partial charge is 0.326 e. The van der Waals surface area contributed by atoms with E-state index in [2.05, 4.69) is 10.6 Å². The Bertz CT molecular complexity index is 671. The zero-order valence-corrected chi connectivity index (χ0v) is 15.1. The minimum absolute atomic E-state index is 0.133. The molecule has 0 aromatic heterocycles. The summed E-state index contributed by atoms with van der Waals surface area (Å²) in [7, 11) is 0. The molecule has 0 heterocycles. The maximum absolute atomic E-state index is 12.5. The van der Waals surface area contributed by atoms with Gasteiger partial charge in [0, 0.05) is 5.02 Å². The molecule has 0 spiro atoms. The molecule has 1 aliphatic rings. The van der Waals surface area contributed by atoms with Crippen LogP contribution in [0, 0.1) is 5.92 Å². The zero-order valence-electron chi connectivity index (χ0n) is 14.3. The molecule has 2 rings (SSSR count). The summed E-state index contributed by atoms with van der Waals surface area (Å²) in [6.45, 7) is 3.51. The summed E-state index contributed by atoms with van der Waals surface area (Å²) in [4.78, 5) is 35.6. The molecule has 3 N–H and O–H groups in total. The van der Waals surface area contributed by atoms with E-state index in [-0.39, 0.29) is 18.4 Å². The van der Waals surface area contributed by atoms with Gasteiger partial charge in [-0.3, -0.25) is 9.59 Å². The number of benzene rings is 1. The molecular formula is C18H23ClN2O4. The number of carboxylic acids is 1. The Labute approximate surface area is 151 Å². The fourth-order valence-electron chi connectivity index (χ4n) is 2.83. The third-order valence-electron chi connectivity index (χ3n) is 4.31. The van der Waals surface area contributed by atoms with Gasteiger partial charge >= 0.3 is 5.97 Å². The maximum atomic E-state index is 12.5. The van der Waals surface area contributed by atoms with Gasteiger partial charge < -0.3 is 15.7 Å². The van der Waals surface area contributed by atoms with Crippen LogP contribution >= 0.6 is 11.6 Å². The Hall–Kier alpha value is -2.08. The molecular weight excluding hydrogens is 344 g/mol. The summed E-state index contributed by atoms with van der Waals surface area (Å²) in [5, 5.41) is 14.8. The lowest BCUT2D eigenvalue weighted by Crippen LogP contribution is -2.47. The third-order valence-corrected chi connectivity index (χ3v) is 4.55. The van der Waals surface area contributed by atoms with Crippen LogP contribution in [0.15, 0.2) is 24.3 Å². The van der Waals surface area contributed by atoms with Crippen LogP contribution in [0.3, 0.4) is 0 Å². The zero-order chi connectivity index (χ0) is 18.6. The summed E-state index contributed by atoms with van der Waals surface area (Å²) in [6.07, 6.45) is 1.74. The highest BCUT2D eigenvalue weighted by atomic mass is 35.5. The first-order chi connectivity index (χ1) is 11.7. The highest BCUT2D eigenvalue weighted by Crippen LogP contribution is 2.48.